The highest BCUT2D eigenvalue weighted by Gasteiger charge is 2.18. The molecule has 0 spiro atoms. The fourth-order valence-corrected chi connectivity index (χ4v) is 3.55. The van der Waals surface area contributed by atoms with Gasteiger partial charge in [-0.1, -0.05) is 35.4 Å². The summed E-state index contributed by atoms with van der Waals surface area (Å²) in [6, 6.07) is 20.1. The zero-order valence-corrected chi connectivity index (χ0v) is 17.7. The number of halogens is 1. The average molecular weight is 418 g/mol. The maximum atomic E-state index is 13.1. The van der Waals surface area contributed by atoms with E-state index in [2.05, 4.69) is 6.07 Å². The number of hydrogen-bond donors (Lipinski definition) is 0. The number of hydrogen-bond acceptors (Lipinski definition) is 4. The molecule has 0 atom stereocenters. The number of nitrogens with zero attached hydrogens (tertiary/aromatic N) is 1. The van der Waals surface area contributed by atoms with E-state index in [9.17, 15) is 4.79 Å². The van der Waals surface area contributed by atoms with Crippen molar-refractivity contribution in [2.75, 3.05) is 7.11 Å². The topological polar surface area (TPSA) is 48.4 Å². The van der Waals surface area contributed by atoms with Crippen molar-refractivity contribution < 1.29 is 14.3 Å². The van der Waals surface area contributed by atoms with Crippen molar-refractivity contribution in [3.63, 3.8) is 0 Å². The lowest BCUT2D eigenvalue weighted by Crippen LogP contribution is -2.10. The molecule has 0 aliphatic carbocycles. The standard InChI is InChI=1S/C25H20ClNO3/c1-15-12-16(2)24-21(13-15)22(14-23(27-24)17-4-6-18(26)7-5-17)25(28)30-20-10-8-19(29-3)9-11-20/h4-14H,1-3H3. The summed E-state index contributed by atoms with van der Waals surface area (Å²) in [5.41, 5.74) is 4.86. The summed E-state index contributed by atoms with van der Waals surface area (Å²) in [5, 5.41) is 1.41. The number of methoxy groups -OCH3 is 1. The van der Waals surface area contributed by atoms with E-state index in [1.54, 1.807) is 49.6 Å². The molecular weight excluding hydrogens is 398 g/mol. The highest BCUT2D eigenvalue weighted by molar-refractivity contribution is 6.30. The van der Waals surface area contributed by atoms with E-state index in [4.69, 9.17) is 26.1 Å². The zero-order valence-electron chi connectivity index (χ0n) is 16.9. The summed E-state index contributed by atoms with van der Waals surface area (Å²) >= 11 is 6.03. The Kier molecular flexibility index (Phi) is 5.42. The molecule has 0 bridgehead atoms. The highest BCUT2D eigenvalue weighted by atomic mass is 35.5. The van der Waals surface area contributed by atoms with Crippen LogP contribution in [0.4, 0.5) is 0 Å². The van der Waals surface area contributed by atoms with Crippen LogP contribution < -0.4 is 9.47 Å². The number of carbonyl (C=O) groups is 1. The van der Waals surface area contributed by atoms with Crippen LogP contribution in [0.5, 0.6) is 11.5 Å². The molecule has 0 unspecified atom stereocenters. The molecule has 0 saturated heterocycles. The number of ether oxygens (including phenoxy) is 2. The number of carbonyl (C=O) groups excluding carboxylic acids is 1. The molecule has 0 aliphatic heterocycles. The molecule has 0 fully saturated rings. The van der Waals surface area contributed by atoms with Gasteiger partial charge in [0.2, 0.25) is 0 Å². The van der Waals surface area contributed by atoms with E-state index >= 15 is 0 Å². The Hall–Kier alpha value is -3.37. The van der Waals surface area contributed by atoms with Gasteiger partial charge < -0.3 is 9.47 Å². The Labute approximate surface area is 180 Å². The zero-order chi connectivity index (χ0) is 21.3. The van der Waals surface area contributed by atoms with Gasteiger partial charge in [0.15, 0.2) is 0 Å². The van der Waals surface area contributed by atoms with Gasteiger partial charge in [-0.3, -0.25) is 0 Å². The van der Waals surface area contributed by atoms with E-state index in [-0.39, 0.29) is 0 Å². The number of pyridine rings is 1. The molecule has 0 radical (unpaired) electrons. The summed E-state index contributed by atoms with van der Waals surface area (Å²) in [6.07, 6.45) is 0. The third-order valence-electron chi connectivity index (χ3n) is 4.88. The number of aromatic nitrogens is 1. The van der Waals surface area contributed by atoms with Crippen LogP contribution in [0.25, 0.3) is 22.2 Å². The van der Waals surface area contributed by atoms with Crippen LogP contribution in [0.3, 0.4) is 0 Å². The Morgan fingerprint density at radius 3 is 2.23 bits per heavy atom. The summed E-state index contributed by atoms with van der Waals surface area (Å²) in [5.74, 6) is 0.705. The fourth-order valence-electron chi connectivity index (χ4n) is 3.42. The van der Waals surface area contributed by atoms with Gasteiger partial charge in [0.1, 0.15) is 11.5 Å². The van der Waals surface area contributed by atoms with Crippen LogP contribution in [0.2, 0.25) is 5.02 Å². The Morgan fingerprint density at radius 2 is 1.57 bits per heavy atom. The molecule has 150 valence electrons. The number of fused-ring (bicyclic) bond motifs is 1. The van der Waals surface area contributed by atoms with Crippen LogP contribution in [0, 0.1) is 13.8 Å². The quantitative estimate of drug-likeness (QED) is 0.285. The predicted molar refractivity (Wildman–Crippen MR) is 120 cm³/mol. The van der Waals surface area contributed by atoms with Gasteiger partial charge in [-0.2, -0.15) is 0 Å². The molecule has 4 aromatic rings. The van der Waals surface area contributed by atoms with Gasteiger partial charge in [-0.25, -0.2) is 9.78 Å². The number of esters is 1. The van der Waals surface area contributed by atoms with Gasteiger partial charge >= 0.3 is 5.97 Å². The number of aryl methyl sites for hydroxylation is 2. The summed E-state index contributed by atoms with van der Waals surface area (Å²) in [4.78, 5) is 18.0. The van der Waals surface area contributed by atoms with Crippen LogP contribution in [-0.2, 0) is 0 Å². The van der Waals surface area contributed by atoms with Crippen molar-refractivity contribution in [3.8, 4) is 22.8 Å². The van der Waals surface area contributed by atoms with E-state index in [1.165, 1.54) is 0 Å². The summed E-state index contributed by atoms with van der Waals surface area (Å²) in [6.45, 7) is 3.99. The minimum absolute atomic E-state index is 0.437. The lowest BCUT2D eigenvalue weighted by Gasteiger charge is -2.13. The molecule has 0 saturated carbocycles. The normalized spacial score (nSPS) is 10.8. The second-order valence-corrected chi connectivity index (χ2v) is 7.54. The lowest BCUT2D eigenvalue weighted by molar-refractivity contribution is 0.0736. The van der Waals surface area contributed by atoms with Crippen LogP contribution in [0.1, 0.15) is 21.5 Å². The van der Waals surface area contributed by atoms with Crippen LogP contribution in [-0.4, -0.2) is 18.1 Å². The molecule has 1 aromatic heterocycles. The maximum absolute atomic E-state index is 13.1. The van der Waals surface area contributed by atoms with Gasteiger partial charge in [-0.05, 0) is 67.9 Å². The van der Waals surface area contributed by atoms with E-state index in [0.29, 0.717) is 27.8 Å². The molecule has 0 N–H and O–H groups in total. The fraction of sp³-hybridized carbons (Fsp3) is 0.120. The monoisotopic (exact) mass is 417 g/mol. The van der Waals surface area contributed by atoms with Gasteiger partial charge in [-0.15, -0.1) is 0 Å². The van der Waals surface area contributed by atoms with Crippen molar-refractivity contribution in [3.05, 3.63) is 88.4 Å². The molecule has 4 rings (SSSR count). The largest absolute Gasteiger partial charge is 0.497 e. The van der Waals surface area contributed by atoms with Gasteiger partial charge in [0.25, 0.3) is 0 Å². The van der Waals surface area contributed by atoms with Crippen molar-refractivity contribution >= 4 is 28.5 Å². The van der Waals surface area contributed by atoms with E-state index in [0.717, 1.165) is 27.6 Å². The molecule has 0 aliphatic rings. The number of rotatable bonds is 4. The number of benzene rings is 3. The first-order valence-electron chi connectivity index (χ1n) is 9.49. The molecule has 30 heavy (non-hydrogen) atoms. The Morgan fingerprint density at radius 1 is 0.900 bits per heavy atom. The first-order chi connectivity index (χ1) is 14.4. The molecule has 1 heterocycles. The van der Waals surface area contributed by atoms with Crippen molar-refractivity contribution in [1.82, 2.24) is 4.98 Å². The maximum Gasteiger partial charge on any atom is 0.344 e. The molecule has 0 amide bonds. The second kappa shape index (κ2) is 8.17. The molecule has 5 heteroatoms. The third kappa shape index (κ3) is 4.00. The lowest BCUT2D eigenvalue weighted by atomic mass is 10.00. The minimum Gasteiger partial charge on any atom is -0.497 e. The minimum atomic E-state index is -0.437. The van der Waals surface area contributed by atoms with Gasteiger partial charge in [0.05, 0.1) is 23.9 Å². The first-order valence-corrected chi connectivity index (χ1v) is 9.86. The van der Waals surface area contributed by atoms with Crippen LogP contribution >= 0.6 is 11.6 Å². The first kappa shape index (κ1) is 19.9. The van der Waals surface area contributed by atoms with Crippen molar-refractivity contribution in [2.24, 2.45) is 0 Å². The second-order valence-electron chi connectivity index (χ2n) is 7.10. The molecule has 3 aromatic carbocycles. The van der Waals surface area contributed by atoms with Crippen molar-refractivity contribution in [2.45, 2.75) is 13.8 Å². The Bertz CT molecular complexity index is 1230. The van der Waals surface area contributed by atoms with Crippen molar-refractivity contribution in [1.29, 1.82) is 0 Å². The summed E-state index contributed by atoms with van der Waals surface area (Å²) < 4.78 is 10.8. The van der Waals surface area contributed by atoms with Crippen LogP contribution in [0.15, 0.2) is 66.7 Å². The third-order valence-corrected chi connectivity index (χ3v) is 5.13. The highest BCUT2D eigenvalue weighted by Crippen LogP contribution is 2.29. The predicted octanol–water partition coefficient (Wildman–Crippen LogP) is 6.40. The Balaban J connectivity index is 1.83. The van der Waals surface area contributed by atoms with Gasteiger partial charge in [0, 0.05) is 16.0 Å². The smallest absolute Gasteiger partial charge is 0.344 e. The molecular formula is C25H20ClNO3. The molecule has 4 nitrogen and oxygen atoms in total. The summed E-state index contributed by atoms with van der Waals surface area (Å²) in [7, 11) is 1.59. The van der Waals surface area contributed by atoms with E-state index < -0.39 is 5.97 Å². The SMILES string of the molecule is COc1ccc(OC(=O)c2cc(-c3ccc(Cl)cc3)nc3c(C)cc(C)cc23)cc1. The average Bonchev–Trinajstić information content (AvgIpc) is 2.74. The van der Waals surface area contributed by atoms with E-state index in [1.807, 2.05) is 32.0 Å².